The van der Waals surface area contributed by atoms with Gasteiger partial charge in [0, 0.05) is 23.6 Å². The lowest BCUT2D eigenvalue weighted by atomic mass is 9.94. The van der Waals surface area contributed by atoms with Gasteiger partial charge < -0.3 is 14.6 Å². The number of anilines is 1. The lowest BCUT2D eigenvalue weighted by Crippen LogP contribution is -2.29. The van der Waals surface area contributed by atoms with E-state index in [1.807, 2.05) is 55.5 Å². The van der Waals surface area contributed by atoms with E-state index in [0.717, 1.165) is 16.9 Å². The average molecular weight is 525 g/mol. The summed E-state index contributed by atoms with van der Waals surface area (Å²) in [6.07, 6.45) is 2.33. The Kier molecular flexibility index (Phi) is 6.17. The van der Waals surface area contributed by atoms with Gasteiger partial charge in [0.1, 0.15) is 30.0 Å². The van der Waals surface area contributed by atoms with Gasteiger partial charge in [-0.1, -0.05) is 42.5 Å². The van der Waals surface area contributed by atoms with Crippen molar-refractivity contribution in [3.8, 4) is 11.5 Å². The number of benzene rings is 3. The monoisotopic (exact) mass is 524 g/mol. The summed E-state index contributed by atoms with van der Waals surface area (Å²) < 4.78 is 11.7. The molecule has 0 saturated carbocycles. The molecule has 1 saturated heterocycles. The lowest BCUT2D eigenvalue weighted by Gasteiger charge is -2.23. The van der Waals surface area contributed by atoms with Gasteiger partial charge in [-0.25, -0.2) is 4.98 Å². The van der Waals surface area contributed by atoms with E-state index in [9.17, 15) is 14.7 Å². The first kappa shape index (κ1) is 23.9. The number of amides is 1. The van der Waals surface area contributed by atoms with Gasteiger partial charge in [0.05, 0.1) is 11.6 Å². The predicted octanol–water partition coefficient (Wildman–Crippen LogP) is 5.67. The van der Waals surface area contributed by atoms with E-state index in [4.69, 9.17) is 9.47 Å². The first-order valence-electron chi connectivity index (χ1n) is 12.3. The Bertz CT molecular complexity index is 1530. The molecule has 1 fully saturated rings. The largest absolute Gasteiger partial charge is 0.507 e. The van der Waals surface area contributed by atoms with E-state index in [1.54, 1.807) is 35.8 Å². The topological polar surface area (TPSA) is 89.0 Å². The van der Waals surface area contributed by atoms with Crippen LogP contribution < -0.4 is 14.4 Å². The number of thiazole rings is 1. The van der Waals surface area contributed by atoms with Gasteiger partial charge in [-0.05, 0) is 53.9 Å². The zero-order valence-corrected chi connectivity index (χ0v) is 21.4. The molecule has 7 nitrogen and oxygen atoms in total. The minimum Gasteiger partial charge on any atom is -0.507 e. The summed E-state index contributed by atoms with van der Waals surface area (Å²) in [5, 5.41) is 13.5. The number of carbonyl (C=O) groups is 2. The average Bonchev–Trinajstić information content (AvgIpc) is 3.65. The van der Waals surface area contributed by atoms with Crippen LogP contribution in [0.3, 0.4) is 0 Å². The van der Waals surface area contributed by atoms with E-state index in [1.165, 1.54) is 16.2 Å². The third-order valence-electron chi connectivity index (χ3n) is 6.68. The molecule has 2 atom stereocenters. The number of ketones is 1. The van der Waals surface area contributed by atoms with E-state index >= 15 is 0 Å². The minimum atomic E-state index is -0.840. The van der Waals surface area contributed by atoms with Gasteiger partial charge in [-0.15, -0.1) is 11.3 Å². The van der Waals surface area contributed by atoms with Crippen molar-refractivity contribution in [3.63, 3.8) is 0 Å². The second kappa shape index (κ2) is 9.79. The molecule has 0 spiro atoms. The van der Waals surface area contributed by atoms with Crippen LogP contribution in [0.4, 0.5) is 5.13 Å². The van der Waals surface area contributed by atoms with Crippen molar-refractivity contribution in [1.82, 2.24) is 4.98 Å². The van der Waals surface area contributed by atoms with E-state index in [-0.39, 0.29) is 17.4 Å². The molecule has 2 aliphatic heterocycles. The van der Waals surface area contributed by atoms with Crippen LogP contribution in [0.15, 0.2) is 89.9 Å². The van der Waals surface area contributed by atoms with Gasteiger partial charge in [0.15, 0.2) is 5.13 Å². The summed E-state index contributed by atoms with van der Waals surface area (Å²) >= 11 is 1.26. The Hall–Kier alpha value is -4.43. The van der Waals surface area contributed by atoms with Gasteiger partial charge in [0.2, 0.25) is 0 Å². The number of nitrogens with zero attached hydrogens (tertiary/aromatic N) is 2. The second-order valence-electron chi connectivity index (χ2n) is 9.28. The highest BCUT2D eigenvalue weighted by molar-refractivity contribution is 7.14. The Morgan fingerprint density at radius 2 is 1.89 bits per heavy atom. The summed E-state index contributed by atoms with van der Waals surface area (Å²) in [5.74, 6) is -0.290. The van der Waals surface area contributed by atoms with Crippen molar-refractivity contribution < 1.29 is 24.2 Å². The third kappa shape index (κ3) is 4.33. The molecule has 6 rings (SSSR count). The zero-order valence-electron chi connectivity index (χ0n) is 20.5. The van der Waals surface area contributed by atoms with Gasteiger partial charge >= 0.3 is 5.91 Å². The van der Waals surface area contributed by atoms with Crippen LogP contribution in [0.2, 0.25) is 0 Å². The van der Waals surface area contributed by atoms with Crippen LogP contribution in [0.1, 0.15) is 35.2 Å². The van der Waals surface area contributed by atoms with Crippen LogP contribution in [-0.2, 0) is 22.6 Å². The molecule has 38 heavy (non-hydrogen) atoms. The Morgan fingerprint density at radius 3 is 2.63 bits per heavy atom. The molecule has 1 aromatic heterocycles. The number of aromatic nitrogens is 1. The van der Waals surface area contributed by atoms with Crippen molar-refractivity contribution in [2.45, 2.75) is 32.1 Å². The standard InChI is InChI=1S/C30H24N2O5S/c1-18-15-22-16-21(9-12-24(22)37-18)27(33)25-26(32(29(35)28(25)34)30-31-13-14-38-30)20-7-10-23(11-8-20)36-17-19-5-3-2-4-6-19/h2-14,16,18,26,33H,15,17H2,1H3/t18-,26-/m0/s1. The SMILES string of the molecule is C[C@H]1Cc2cc(C(O)=C3C(=O)C(=O)N(c4nccs4)[C@H]3c3ccc(OCc4ccccc4)cc3)ccc2O1. The Morgan fingerprint density at radius 1 is 1.11 bits per heavy atom. The molecule has 8 heteroatoms. The number of carbonyl (C=O) groups excluding carboxylic acids is 2. The van der Waals surface area contributed by atoms with Crippen LogP contribution in [-0.4, -0.2) is 27.9 Å². The molecule has 0 unspecified atom stereocenters. The smallest absolute Gasteiger partial charge is 0.301 e. The Balaban J connectivity index is 1.38. The molecule has 0 radical (unpaired) electrons. The summed E-state index contributed by atoms with van der Waals surface area (Å²) in [6, 6.07) is 21.5. The maximum atomic E-state index is 13.3. The molecule has 0 aliphatic carbocycles. The first-order chi connectivity index (χ1) is 18.5. The number of hydrogen-bond acceptors (Lipinski definition) is 7. The number of ether oxygens (including phenoxy) is 2. The molecular weight excluding hydrogens is 500 g/mol. The molecule has 0 bridgehead atoms. The highest BCUT2D eigenvalue weighted by atomic mass is 32.1. The number of rotatable bonds is 6. The number of aliphatic hydroxyl groups is 1. The van der Waals surface area contributed by atoms with Crippen LogP contribution >= 0.6 is 11.3 Å². The van der Waals surface area contributed by atoms with Crippen LogP contribution in [0.25, 0.3) is 5.76 Å². The van der Waals surface area contributed by atoms with Crippen molar-refractivity contribution in [2.75, 3.05) is 4.90 Å². The summed E-state index contributed by atoms with van der Waals surface area (Å²) in [7, 11) is 0. The lowest BCUT2D eigenvalue weighted by molar-refractivity contribution is -0.132. The van der Waals surface area contributed by atoms with Crippen molar-refractivity contribution in [2.24, 2.45) is 0 Å². The highest BCUT2D eigenvalue weighted by Gasteiger charge is 2.48. The number of aliphatic hydroxyl groups excluding tert-OH is 1. The third-order valence-corrected chi connectivity index (χ3v) is 7.45. The quantitative estimate of drug-likeness (QED) is 0.199. The van der Waals surface area contributed by atoms with Gasteiger partial charge in [-0.3, -0.25) is 14.5 Å². The fraction of sp³-hybridized carbons (Fsp3) is 0.167. The molecule has 190 valence electrons. The summed E-state index contributed by atoms with van der Waals surface area (Å²) in [6.45, 7) is 2.39. The maximum absolute atomic E-state index is 13.3. The number of Topliss-reactive ketones (excluding diaryl/α,β-unsaturated/α-hetero) is 1. The minimum absolute atomic E-state index is 0.0232. The van der Waals surface area contributed by atoms with Crippen LogP contribution in [0, 0.1) is 0 Å². The number of hydrogen-bond donors (Lipinski definition) is 1. The van der Waals surface area contributed by atoms with Crippen molar-refractivity contribution >= 4 is 33.9 Å². The van der Waals surface area contributed by atoms with Crippen LogP contribution in [0.5, 0.6) is 11.5 Å². The van der Waals surface area contributed by atoms with E-state index in [0.29, 0.717) is 35.0 Å². The summed E-state index contributed by atoms with van der Waals surface area (Å²) in [5.41, 5.74) is 3.14. The molecule has 3 aromatic carbocycles. The zero-order chi connectivity index (χ0) is 26.2. The molecule has 1 N–H and O–H groups in total. The Labute approximate surface area is 223 Å². The molecular formula is C30H24N2O5S. The molecule has 3 heterocycles. The molecule has 1 amide bonds. The maximum Gasteiger partial charge on any atom is 0.301 e. The van der Waals surface area contributed by atoms with E-state index < -0.39 is 17.7 Å². The van der Waals surface area contributed by atoms with Gasteiger partial charge in [0.25, 0.3) is 5.78 Å². The highest BCUT2D eigenvalue weighted by Crippen LogP contribution is 2.43. The normalized spacial score (nSPS) is 19.9. The van der Waals surface area contributed by atoms with Crippen molar-refractivity contribution in [3.05, 3.63) is 112 Å². The van der Waals surface area contributed by atoms with E-state index in [2.05, 4.69) is 4.98 Å². The summed E-state index contributed by atoms with van der Waals surface area (Å²) in [4.78, 5) is 32.2. The fourth-order valence-corrected chi connectivity index (χ4v) is 5.56. The van der Waals surface area contributed by atoms with Crippen molar-refractivity contribution in [1.29, 1.82) is 0 Å². The molecule has 2 aliphatic rings. The van der Waals surface area contributed by atoms with Gasteiger partial charge in [-0.2, -0.15) is 0 Å². The molecule has 4 aromatic rings. The first-order valence-corrected chi connectivity index (χ1v) is 13.1. The second-order valence-corrected chi connectivity index (χ2v) is 10.2. The predicted molar refractivity (Wildman–Crippen MR) is 144 cm³/mol. The fourth-order valence-electron chi connectivity index (χ4n) is 4.89. The number of fused-ring (bicyclic) bond motifs is 1.